The molecule has 0 radical (unpaired) electrons. The Hall–Kier alpha value is -1.06. The molecule has 0 aliphatic rings. The number of likely N-dealkylation sites (N-methyl/N-ethyl adjacent to an activating group) is 1. The lowest BCUT2D eigenvalue weighted by molar-refractivity contribution is 0.218. The van der Waals surface area contributed by atoms with Crippen LogP contribution in [0.2, 0.25) is 0 Å². The number of aromatic nitrogens is 1. The summed E-state index contributed by atoms with van der Waals surface area (Å²) >= 11 is 1.76. The fraction of sp³-hybridized carbons (Fsp3) is 0.526. The summed E-state index contributed by atoms with van der Waals surface area (Å²) in [5.41, 5.74) is 2.64. The summed E-state index contributed by atoms with van der Waals surface area (Å²) in [6.45, 7) is 8.20. The molecule has 2 rings (SSSR count). The van der Waals surface area contributed by atoms with Gasteiger partial charge in [0.2, 0.25) is 0 Å². The molecule has 146 valence electrons. The van der Waals surface area contributed by atoms with Gasteiger partial charge in [0.05, 0.1) is 12.6 Å². The van der Waals surface area contributed by atoms with Crippen LogP contribution in [0.5, 0.6) is 0 Å². The molecule has 1 atom stereocenters. The van der Waals surface area contributed by atoms with Crippen molar-refractivity contribution in [2.75, 3.05) is 33.7 Å². The van der Waals surface area contributed by atoms with Gasteiger partial charge in [0, 0.05) is 39.6 Å². The van der Waals surface area contributed by atoms with Gasteiger partial charge >= 0.3 is 0 Å². The smallest absolute Gasteiger partial charge is 0.193 e. The van der Waals surface area contributed by atoms with E-state index in [2.05, 4.69) is 87.8 Å². The van der Waals surface area contributed by atoms with Gasteiger partial charge in [-0.15, -0.1) is 24.0 Å². The van der Waals surface area contributed by atoms with Gasteiger partial charge in [-0.2, -0.15) is 11.3 Å². The molecule has 0 saturated carbocycles. The van der Waals surface area contributed by atoms with Crippen molar-refractivity contribution in [1.82, 2.24) is 19.7 Å². The monoisotopic (exact) mass is 489 g/mol. The Balaban J connectivity index is 0.00000338. The predicted octanol–water partition coefficient (Wildman–Crippen LogP) is 3.79. The maximum absolute atomic E-state index is 4.47. The molecule has 0 bridgehead atoms. The van der Waals surface area contributed by atoms with Gasteiger partial charge in [0.25, 0.3) is 0 Å². The molecular weight excluding hydrogens is 457 g/mol. The summed E-state index contributed by atoms with van der Waals surface area (Å²) in [6.07, 6.45) is 2.08. The van der Waals surface area contributed by atoms with Crippen LogP contribution in [0.1, 0.15) is 31.1 Å². The van der Waals surface area contributed by atoms with Crippen LogP contribution in [0.25, 0.3) is 0 Å². The van der Waals surface area contributed by atoms with Crippen LogP contribution >= 0.6 is 35.3 Å². The highest BCUT2D eigenvalue weighted by Gasteiger charge is 2.19. The second kappa shape index (κ2) is 11.6. The molecule has 2 aromatic heterocycles. The molecule has 0 aliphatic carbocycles. The van der Waals surface area contributed by atoms with Crippen molar-refractivity contribution in [1.29, 1.82) is 0 Å². The number of aryl methyl sites for hydroxylation is 1. The minimum atomic E-state index is 0. The zero-order valence-electron chi connectivity index (χ0n) is 16.5. The lowest BCUT2D eigenvalue weighted by Gasteiger charge is -2.31. The van der Waals surface area contributed by atoms with E-state index < -0.39 is 0 Å². The summed E-state index contributed by atoms with van der Waals surface area (Å²) in [4.78, 5) is 9.12. The van der Waals surface area contributed by atoms with E-state index in [9.17, 15) is 0 Å². The van der Waals surface area contributed by atoms with E-state index in [-0.39, 0.29) is 24.0 Å². The summed E-state index contributed by atoms with van der Waals surface area (Å²) in [7, 11) is 6.01. The number of rotatable bonds is 8. The minimum Gasteiger partial charge on any atom is -0.354 e. The highest BCUT2D eigenvalue weighted by Crippen LogP contribution is 2.22. The molecule has 5 nitrogen and oxygen atoms in total. The molecular formula is C19H32IN5S. The number of nitrogens with one attached hydrogen (secondary N) is 1. The first kappa shape index (κ1) is 23.0. The van der Waals surface area contributed by atoms with Crippen molar-refractivity contribution < 1.29 is 0 Å². The van der Waals surface area contributed by atoms with Gasteiger partial charge in [0.15, 0.2) is 5.96 Å². The molecule has 26 heavy (non-hydrogen) atoms. The van der Waals surface area contributed by atoms with Gasteiger partial charge < -0.3 is 14.8 Å². The Kier molecular flexibility index (Phi) is 10.3. The lowest BCUT2D eigenvalue weighted by atomic mass is 10.1. The van der Waals surface area contributed by atoms with Gasteiger partial charge in [-0.25, -0.2) is 0 Å². The van der Waals surface area contributed by atoms with Crippen LogP contribution in [-0.2, 0) is 13.6 Å². The standard InChI is InChI=1S/C19H31N5S.HI/c1-6-24(7-2)18(16-10-12-25-15-16)13-21-19(20-3)23(5)14-17-9-8-11-22(17)4;/h8-12,15,18H,6-7,13-14H2,1-5H3,(H,20,21);1H. The molecule has 2 heterocycles. The van der Waals surface area contributed by atoms with E-state index in [0.29, 0.717) is 6.04 Å². The summed E-state index contributed by atoms with van der Waals surface area (Å²) < 4.78 is 2.15. The molecule has 0 aliphatic heterocycles. The summed E-state index contributed by atoms with van der Waals surface area (Å²) in [6, 6.07) is 6.81. The highest BCUT2D eigenvalue weighted by molar-refractivity contribution is 14.0. The highest BCUT2D eigenvalue weighted by atomic mass is 127. The number of nitrogens with zero attached hydrogens (tertiary/aromatic N) is 4. The van der Waals surface area contributed by atoms with E-state index in [1.807, 2.05) is 7.05 Å². The van der Waals surface area contributed by atoms with Gasteiger partial charge in [-0.05, 0) is 47.6 Å². The lowest BCUT2D eigenvalue weighted by Crippen LogP contribution is -2.43. The average molecular weight is 489 g/mol. The third-order valence-electron chi connectivity index (χ3n) is 4.66. The van der Waals surface area contributed by atoms with Crippen molar-refractivity contribution in [3.05, 3.63) is 46.4 Å². The Morgan fingerprint density at radius 3 is 2.54 bits per heavy atom. The summed E-state index contributed by atoms with van der Waals surface area (Å²) in [5, 5.41) is 7.97. The molecule has 0 spiro atoms. The fourth-order valence-corrected chi connectivity index (χ4v) is 3.85. The van der Waals surface area contributed by atoms with Crippen LogP contribution in [0.3, 0.4) is 0 Å². The fourth-order valence-electron chi connectivity index (χ4n) is 3.14. The topological polar surface area (TPSA) is 35.8 Å². The quantitative estimate of drug-likeness (QED) is 0.348. The van der Waals surface area contributed by atoms with Gasteiger partial charge in [0.1, 0.15) is 0 Å². The first-order chi connectivity index (χ1) is 12.1. The predicted molar refractivity (Wildman–Crippen MR) is 124 cm³/mol. The Morgan fingerprint density at radius 2 is 2.04 bits per heavy atom. The normalized spacial score (nSPS) is 12.8. The third-order valence-corrected chi connectivity index (χ3v) is 5.36. The van der Waals surface area contributed by atoms with Crippen molar-refractivity contribution in [2.24, 2.45) is 12.0 Å². The first-order valence-electron chi connectivity index (χ1n) is 8.88. The molecule has 1 N–H and O–H groups in total. The van der Waals surface area contributed by atoms with Crippen LogP contribution in [0, 0.1) is 0 Å². The van der Waals surface area contributed by atoms with Crippen molar-refractivity contribution in [3.8, 4) is 0 Å². The van der Waals surface area contributed by atoms with Gasteiger partial charge in [-0.3, -0.25) is 9.89 Å². The van der Waals surface area contributed by atoms with Crippen LogP contribution < -0.4 is 5.32 Å². The second-order valence-corrected chi connectivity index (χ2v) is 6.97. The Morgan fingerprint density at radius 1 is 1.31 bits per heavy atom. The zero-order chi connectivity index (χ0) is 18.2. The maximum Gasteiger partial charge on any atom is 0.193 e. The van der Waals surface area contributed by atoms with Crippen LogP contribution in [0.15, 0.2) is 40.1 Å². The largest absolute Gasteiger partial charge is 0.354 e. The average Bonchev–Trinajstić information content (AvgIpc) is 3.27. The number of thiophene rings is 1. The van der Waals surface area contributed by atoms with E-state index in [1.165, 1.54) is 11.3 Å². The van der Waals surface area contributed by atoms with E-state index in [0.717, 1.165) is 32.1 Å². The van der Waals surface area contributed by atoms with Crippen molar-refractivity contribution in [3.63, 3.8) is 0 Å². The molecule has 2 aromatic rings. The van der Waals surface area contributed by atoms with E-state index in [1.54, 1.807) is 11.3 Å². The number of halogens is 1. The Bertz CT molecular complexity index is 649. The number of hydrogen-bond acceptors (Lipinski definition) is 3. The number of guanidine groups is 1. The molecule has 7 heteroatoms. The first-order valence-corrected chi connectivity index (χ1v) is 9.83. The van der Waals surface area contributed by atoms with Gasteiger partial charge in [-0.1, -0.05) is 13.8 Å². The maximum atomic E-state index is 4.47. The third kappa shape index (κ3) is 5.99. The minimum absolute atomic E-state index is 0. The Labute approximate surface area is 179 Å². The number of aliphatic imine (C=N–C) groups is 1. The zero-order valence-corrected chi connectivity index (χ0v) is 19.6. The molecule has 1 unspecified atom stereocenters. The summed E-state index contributed by atoms with van der Waals surface area (Å²) in [5.74, 6) is 0.925. The van der Waals surface area contributed by atoms with E-state index in [4.69, 9.17) is 0 Å². The molecule has 0 aromatic carbocycles. The van der Waals surface area contributed by atoms with Crippen LogP contribution in [-0.4, -0.2) is 54.1 Å². The SMILES string of the molecule is CCN(CC)C(CNC(=NC)N(C)Cc1cccn1C)c1ccsc1.I. The number of hydrogen-bond donors (Lipinski definition) is 1. The second-order valence-electron chi connectivity index (χ2n) is 6.19. The van der Waals surface area contributed by atoms with Crippen molar-refractivity contribution >= 4 is 41.3 Å². The van der Waals surface area contributed by atoms with E-state index >= 15 is 0 Å². The van der Waals surface area contributed by atoms with Crippen LogP contribution in [0.4, 0.5) is 0 Å². The molecule has 0 fully saturated rings. The van der Waals surface area contributed by atoms with Crippen molar-refractivity contribution in [2.45, 2.75) is 26.4 Å². The molecule has 0 amide bonds. The molecule has 0 saturated heterocycles.